The largest absolute Gasteiger partial charge is 0.497 e. The molecular weight excluding hydrogens is 348 g/mol. The van der Waals surface area contributed by atoms with E-state index in [9.17, 15) is 14.7 Å². The number of carbonyl (C=O) groups is 2. The summed E-state index contributed by atoms with van der Waals surface area (Å²) in [4.78, 5) is 29.0. The number of nitrogens with zero attached hydrogens (tertiary/aromatic N) is 1. The Labute approximate surface area is 157 Å². The average molecular weight is 370 g/mol. The van der Waals surface area contributed by atoms with E-state index < -0.39 is 17.9 Å². The zero-order valence-electron chi connectivity index (χ0n) is 15.1. The molecule has 0 bridgehead atoms. The third-order valence-corrected chi connectivity index (χ3v) is 4.40. The third-order valence-electron chi connectivity index (χ3n) is 4.40. The maximum Gasteiger partial charge on any atom is 0.328 e. The molecule has 2 N–H and O–H groups in total. The predicted molar refractivity (Wildman–Crippen MR) is 100 cm³/mol. The Balaban J connectivity index is 1.93. The second-order valence-electron chi connectivity index (χ2n) is 6.44. The van der Waals surface area contributed by atoms with Gasteiger partial charge in [0.05, 0.1) is 31.4 Å². The summed E-state index contributed by atoms with van der Waals surface area (Å²) in [5.41, 5.74) is 1.92. The van der Waals surface area contributed by atoms with Gasteiger partial charge in [-0.2, -0.15) is 0 Å². The molecule has 27 heavy (non-hydrogen) atoms. The average Bonchev–Trinajstić information content (AvgIpc) is 3.51. The van der Waals surface area contributed by atoms with E-state index in [0.717, 1.165) is 18.5 Å². The first-order valence-electron chi connectivity index (χ1n) is 8.74. The smallest absolute Gasteiger partial charge is 0.328 e. The van der Waals surface area contributed by atoms with Gasteiger partial charge < -0.3 is 19.9 Å². The number of rotatable bonds is 9. The van der Waals surface area contributed by atoms with Gasteiger partial charge >= 0.3 is 5.97 Å². The van der Waals surface area contributed by atoms with E-state index in [1.165, 1.54) is 6.08 Å². The Hall–Kier alpha value is -2.93. The number of aliphatic carboxylic acids is 1. The molecule has 1 heterocycles. The highest BCUT2D eigenvalue weighted by molar-refractivity contribution is 6.07. The fourth-order valence-corrected chi connectivity index (χ4v) is 2.81. The molecule has 0 saturated heterocycles. The summed E-state index contributed by atoms with van der Waals surface area (Å²) in [7, 11) is 1.55. The maximum absolute atomic E-state index is 12.9. The van der Waals surface area contributed by atoms with Crippen molar-refractivity contribution >= 4 is 22.8 Å². The lowest BCUT2D eigenvalue weighted by atomic mass is 10.0. The number of carboxylic acid groups (broad SMARTS) is 1. The number of carboxylic acids is 1. The molecular formula is C20H22N2O5. The summed E-state index contributed by atoms with van der Waals surface area (Å²) < 4.78 is 10.4. The van der Waals surface area contributed by atoms with Gasteiger partial charge in [0, 0.05) is 17.0 Å². The molecule has 1 aliphatic carbocycles. The number of hydrogen-bond donors (Lipinski definition) is 2. The second-order valence-corrected chi connectivity index (χ2v) is 6.44. The third kappa shape index (κ3) is 4.43. The summed E-state index contributed by atoms with van der Waals surface area (Å²) in [5, 5.41) is 12.5. The highest BCUT2D eigenvalue weighted by Gasteiger charge is 2.28. The summed E-state index contributed by atoms with van der Waals surface area (Å²) in [6.07, 6.45) is 3.61. The molecule has 7 nitrogen and oxygen atoms in total. The van der Waals surface area contributed by atoms with Crippen LogP contribution in [0, 0.1) is 0 Å². The number of carbonyl (C=O) groups excluding carboxylic acids is 1. The van der Waals surface area contributed by atoms with Crippen molar-refractivity contribution in [3.63, 3.8) is 0 Å². The monoisotopic (exact) mass is 370 g/mol. The van der Waals surface area contributed by atoms with Crippen molar-refractivity contribution in [2.24, 2.45) is 0 Å². The van der Waals surface area contributed by atoms with Crippen LogP contribution in [0.5, 0.6) is 5.75 Å². The van der Waals surface area contributed by atoms with E-state index in [-0.39, 0.29) is 13.2 Å². The minimum atomic E-state index is -1.16. The molecule has 1 amide bonds. The quantitative estimate of drug-likeness (QED) is 0.520. The van der Waals surface area contributed by atoms with Crippen molar-refractivity contribution in [1.82, 2.24) is 10.3 Å². The van der Waals surface area contributed by atoms with Gasteiger partial charge in [-0.1, -0.05) is 6.08 Å². The molecule has 0 spiro atoms. The number of pyridine rings is 1. The van der Waals surface area contributed by atoms with Gasteiger partial charge in [0.25, 0.3) is 5.91 Å². The number of benzene rings is 1. The zero-order valence-corrected chi connectivity index (χ0v) is 15.1. The van der Waals surface area contributed by atoms with E-state index in [0.29, 0.717) is 28.1 Å². The van der Waals surface area contributed by atoms with E-state index in [1.807, 2.05) is 0 Å². The van der Waals surface area contributed by atoms with Gasteiger partial charge in [0.2, 0.25) is 0 Å². The summed E-state index contributed by atoms with van der Waals surface area (Å²) in [5.74, 6) is -0.686. The normalized spacial score (nSPS) is 14.6. The number of fused-ring (bicyclic) bond motifs is 1. The van der Waals surface area contributed by atoms with Crippen LogP contribution in [0.25, 0.3) is 10.9 Å². The molecule has 2 aromatic rings. The first-order chi connectivity index (χ1) is 13.0. The summed E-state index contributed by atoms with van der Waals surface area (Å²) in [6.45, 7) is 3.58. The van der Waals surface area contributed by atoms with Gasteiger partial charge in [-0.15, -0.1) is 6.58 Å². The van der Waals surface area contributed by atoms with E-state index >= 15 is 0 Å². The molecule has 1 unspecified atom stereocenters. The van der Waals surface area contributed by atoms with Crippen molar-refractivity contribution in [2.45, 2.75) is 24.8 Å². The van der Waals surface area contributed by atoms with Crippen molar-refractivity contribution in [3.05, 3.63) is 48.2 Å². The number of hydrogen-bond acceptors (Lipinski definition) is 5. The lowest BCUT2D eigenvalue weighted by molar-refractivity contribution is -0.140. The molecule has 3 rings (SSSR count). The standard InChI is InChI=1S/C20H22N2O5/c1-3-8-27-11-18(20(24)25)22-19(23)15-10-17(12-4-5-12)21-16-7-6-13(26-2)9-14(15)16/h3,6-7,9-10,12,18H,1,4-5,8,11H2,2H3,(H,22,23)(H,24,25). The lowest BCUT2D eigenvalue weighted by Crippen LogP contribution is -2.44. The SMILES string of the molecule is C=CCOCC(NC(=O)c1cc(C2CC2)nc2ccc(OC)cc12)C(=O)O. The van der Waals surface area contributed by atoms with Crippen LogP contribution >= 0.6 is 0 Å². The van der Waals surface area contributed by atoms with E-state index in [2.05, 4.69) is 16.9 Å². The van der Waals surface area contributed by atoms with Crippen molar-refractivity contribution in [1.29, 1.82) is 0 Å². The minimum Gasteiger partial charge on any atom is -0.497 e. The molecule has 0 radical (unpaired) electrons. The Morgan fingerprint density at radius 2 is 2.19 bits per heavy atom. The van der Waals surface area contributed by atoms with E-state index in [1.54, 1.807) is 31.4 Å². The Morgan fingerprint density at radius 3 is 2.81 bits per heavy atom. The van der Waals surface area contributed by atoms with Gasteiger partial charge in [-0.3, -0.25) is 9.78 Å². The molecule has 1 aromatic heterocycles. The molecule has 1 fully saturated rings. The Kier molecular flexibility index (Phi) is 5.71. The molecule has 1 saturated carbocycles. The summed E-state index contributed by atoms with van der Waals surface area (Å²) >= 11 is 0. The fourth-order valence-electron chi connectivity index (χ4n) is 2.81. The minimum absolute atomic E-state index is 0.144. The first-order valence-corrected chi connectivity index (χ1v) is 8.74. The van der Waals surface area contributed by atoms with Gasteiger partial charge in [-0.25, -0.2) is 4.79 Å². The van der Waals surface area contributed by atoms with Crippen LogP contribution in [0.1, 0.15) is 34.8 Å². The number of ether oxygens (including phenoxy) is 2. The topological polar surface area (TPSA) is 97.8 Å². The highest BCUT2D eigenvalue weighted by atomic mass is 16.5. The molecule has 7 heteroatoms. The van der Waals surface area contributed by atoms with E-state index in [4.69, 9.17) is 9.47 Å². The Bertz CT molecular complexity index is 876. The van der Waals surface area contributed by atoms with Crippen molar-refractivity contribution < 1.29 is 24.2 Å². The van der Waals surface area contributed by atoms with Crippen LogP contribution in [0.4, 0.5) is 0 Å². The van der Waals surface area contributed by atoms with Crippen LogP contribution in [-0.2, 0) is 9.53 Å². The van der Waals surface area contributed by atoms with Crippen molar-refractivity contribution in [2.75, 3.05) is 20.3 Å². The molecule has 1 aliphatic rings. The second kappa shape index (κ2) is 8.18. The zero-order chi connectivity index (χ0) is 19.4. The summed E-state index contributed by atoms with van der Waals surface area (Å²) in [6, 6.07) is 5.92. The molecule has 142 valence electrons. The van der Waals surface area contributed by atoms with Crippen LogP contribution < -0.4 is 10.1 Å². The fraction of sp³-hybridized carbons (Fsp3) is 0.350. The number of methoxy groups -OCH3 is 1. The van der Waals surface area contributed by atoms with Gasteiger partial charge in [-0.05, 0) is 37.1 Å². The van der Waals surface area contributed by atoms with Gasteiger partial charge in [0.15, 0.2) is 6.04 Å². The Morgan fingerprint density at radius 1 is 1.41 bits per heavy atom. The molecule has 1 atom stereocenters. The van der Waals surface area contributed by atoms with Crippen LogP contribution in [0.15, 0.2) is 36.9 Å². The molecule has 0 aliphatic heterocycles. The van der Waals surface area contributed by atoms with Crippen LogP contribution in [0.3, 0.4) is 0 Å². The predicted octanol–water partition coefficient (Wildman–Crippen LogP) is 2.51. The first kappa shape index (κ1) is 18.8. The van der Waals surface area contributed by atoms with Crippen molar-refractivity contribution in [3.8, 4) is 5.75 Å². The number of aromatic nitrogens is 1. The van der Waals surface area contributed by atoms with Crippen LogP contribution in [-0.4, -0.2) is 48.3 Å². The van der Waals surface area contributed by atoms with Gasteiger partial charge in [0.1, 0.15) is 5.75 Å². The number of amides is 1. The maximum atomic E-state index is 12.9. The number of nitrogens with one attached hydrogen (secondary N) is 1. The lowest BCUT2D eigenvalue weighted by Gasteiger charge is -2.16. The molecule has 1 aromatic carbocycles. The van der Waals surface area contributed by atoms with Crippen LogP contribution in [0.2, 0.25) is 0 Å². The highest BCUT2D eigenvalue weighted by Crippen LogP contribution is 2.40.